The van der Waals surface area contributed by atoms with Crippen molar-refractivity contribution in [1.82, 2.24) is 20.5 Å². The normalized spacial score (nSPS) is 15.1. The molecule has 2 heterocycles. The van der Waals surface area contributed by atoms with Gasteiger partial charge < -0.3 is 25.0 Å². The lowest BCUT2D eigenvalue weighted by Gasteiger charge is -2.30. The van der Waals surface area contributed by atoms with Crippen LogP contribution in [0.4, 0.5) is 0 Å². The Hall–Kier alpha value is -3.46. The van der Waals surface area contributed by atoms with Crippen molar-refractivity contribution in [3.8, 4) is 11.6 Å². The smallest absolute Gasteiger partial charge is 0.257 e. The van der Waals surface area contributed by atoms with Crippen molar-refractivity contribution in [1.29, 1.82) is 0 Å². The lowest BCUT2D eigenvalue weighted by Crippen LogP contribution is -2.53. The maximum atomic E-state index is 13.3. The first-order valence-corrected chi connectivity index (χ1v) is 12.7. The molecule has 0 spiro atoms. The number of nitrogens with zero attached hydrogens (tertiary/aromatic N) is 2. The fraction of sp³-hybridized carbons (Fsp3) is 0.321. The average Bonchev–Trinajstić information content (AvgIpc) is 2.91. The van der Waals surface area contributed by atoms with E-state index in [1.54, 1.807) is 36.4 Å². The molecule has 1 fully saturated rings. The van der Waals surface area contributed by atoms with Gasteiger partial charge >= 0.3 is 0 Å². The van der Waals surface area contributed by atoms with Crippen molar-refractivity contribution in [3.05, 3.63) is 89.1 Å². The predicted molar refractivity (Wildman–Crippen MR) is 142 cm³/mol. The van der Waals surface area contributed by atoms with Crippen LogP contribution < -0.4 is 15.4 Å². The van der Waals surface area contributed by atoms with Crippen LogP contribution in [0.3, 0.4) is 0 Å². The number of amides is 2. The largest absolute Gasteiger partial charge is 0.438 e. The number of ether oxygens (including phenoxy) is 2. The predicted octanol–water partition coefficient (Wildman–Crippen LogP) is 4.05. The molecule has 4 rings (SSSR count). The molecule has 194 valence electrons. The van der Waals surface area contributed by atoms with Crippen molar-refractivity contribution in [2.75, 3.05) is 26.7 Å². The van der Waals surface area contributed by atoms with E-state index in [-0.39, 0.29) is 30.0 Å². The van der Waals surface area contributed by atoms with Gasteiger partial charge in [0.25, 0.3) is 5.91 Å². The van der Waals surface area contributed by atoms with E-state index in [1.165, 1.54) is 6.20 Å². The second-order valence-electron chi connectivity index (χ2n) is 9.03. The van der Waals surface area contributed by atoms with E-state index in [2.05, 4.69) is 27.6 Å². The van der Waals surface area contributed by atoms with Crippen molar-refractivity contribution in [2.45, 2.75) is 31.5 Å². The number of hydrogen-bond donors (Lipinski definition) is 2. The van der Waals surface area contributed by atoms with E-state index in [4.69, 9.17) is 21.1 Å². The number of aromatic nitrogens is 1. The summed E-state index contributed by atoms with van der Waals surface area (Å²) in [5, 5.41) is 6.48. The number of carbonyl (C=O) groups excluding carboxylic acids is 2. The summed E-state index contributed by atoms with van der Waals surface area (Å²) in [6, 6.07) is 18.8. The van der Waals surface area contributed by atoms with Gasteiger partial charge in [-0.3, -0.25) is 9.59 Å². The Kier molecular flexibility index (Phi) is 9.48. The first-order chi connectivity index (χ1) is 18.0. The van der Waals surface area contributed by atoms with E-state index in [9.17, 15) is 9.59 Å². The van der Waals surface area contributed by atoms with Gasteiger partial charge in [-0.1, -0.05) is 41.9 Å². The van der Waals surface area contributed by atoms with Gasteiger partial charge in [0.05, 0.1) is 13.2 Å². The molecule has 0 saturated carbocycles. The number of pyridine rings is 1. The lowest BCUT2D eigenvalue weighted by atomic mass is 10.1. The van der Waals surface area contributed by atoms with E-state index < -0.39 is 11.9 Å². The Morgan fingerprint density at radius 2 is 1.78 bits per heavy atom. The molecule has 1 aliphatic heterocycles. The number of carbonyl (C=O) groups is 2. The molecule has 2 aromatic carbocycles. The summed E-state index contributed by atoms with van der Waals surface area (Å²) < 4.78 is 11.7. The number of likely N-dealkylation sites (tertiary alicyclic amines) is 1. The summed E-state index contributed by atoms with van der Waals surface area (Å²) in [5.41, 5.74) is 1.19. The lowest BCUT2D eigenvalue weighted by molar-refractivity contribution is -0.125. The van der Waals surface area contributed by atoms with Crippen molar-refractivity contribution >= 4 is 23.4 Å². The molecule has 0 bridgehead atoms. The van der Waals surface area contributed by atoms with Gasteiger partial charge in [0.2, 0.25) is 11.8 Å². The highest BCUT2D eigenvalue weighted by Crippen LogP contribution is 2.24. The second kappa shape index (κ2) is 13.2. The summed E-state index contributed by atoms with van der Waals surface area (Å²) in [7, 11) is 2.07. The average molecular weight is 523 g/mol. The summed E-state index contributed by atoms with van der Waals surface area (Å²) in [4.78, 5) is 33.0. The molecule has 1 aliphatic rings. The molecule has 8 nitrogen and oxygen atoms in total. The Morgan fingerprint density at radius 3 is 2.51 bits per heavy atom. The highest BCUT2D eigenvalue weighted by Gasteiger charge is 2.27. The number of rotatable bonds is 10. The molecule has 0 aliphatic carbocycles. The first-order valence-electron chi connectivity index (χ1n) is 12.3. The van der Waals surface area contributed by atoms with E-state index in [0.29, 0.717) is 17.4 Å². The zero-order valence-electron chi connectivity index (χ0n) is 20.7. The fourth-order valence-corrected chi connectivity index (χ4v) is 4.13. The Labute approximate surface area is 221 Å². The molecule has 2 N–H and O–H groups in total. The zero-order chi connectivity index (χ0) is 26.0. The summed E-state index contributed by atoms with van der Waals surface area (Å²) in [6.07, 6.45) is 3.25. The molecule has 0 radical (unpaired) electrons. The minimum Gasteiger partial charge on any atom is -0.438 e. The Bertz CT molecular complexity index is 1170. The molecule has 9 heteroatoms. The number of piperidine rings is 1. The summed E-state index contributed by atoms with van der Waals surface area (Å²) in [5.74, 6) is -0.147. The van der Waals surface area contributed by atoms with Crippen LogP contribution in [0.1, 0.15) is 28.8 Å². The number of hydrogen-bond acceptors (Lipinski definition) is 6. The van der Waals surface area contributed by atoms with Crippen molar-refractivity contribution in [2.24, 2.45) is 0 Å². The Balaban J connectivity index is 1.45. The maximum Gasteiger partial charge on any atom is 0.257 e. The molecule has 1 unspecified atom stereocenters. The highest BCUT2D eigenvalue weighted by molar-refractivity contribution is 6.30. The van der Waals surface area contributed by atoms with Crippen LogP contribution in [-0.4, -0.2) is 60.5 Å². The van der Waals surface area contributed by atoms with Gasteiger partial charge in [-0.25, -0.2) is 4.98 Å². The molecule has 3 aromatic rings. The fourth-order valence-electron chi connectivity index (χ4n) is 4.00. The minimum atomic E-state index is -0.889. The van der Waals surface area contributed by atoms with E-state index in [1.807, 2.05) is 30.3 Å². The number of nitrogens with one attached hydrogen (secondary N) is 2. The first kappa shape index (κ1) is 26.6. The second-order valence-corrected chi connectivity index (χ2v) is 9.46. The Morgan fingerprint density at radius 1 is 1.05 bits per heavy atom. The topological polar surface area (TPSA) is 92.8 Å². The van der Waals surface area contributed by atoms with Crippen LogP contribution in [0, 0.1) is 0 Å². The van der Waals surface area contributed by atoms with Crippen LogP contribution in [0.15, 0.2) is 72.9 Å². The van der Waals surface area contributed by atoms with Crippen LogP contribution in [-0.2, 0) is 16.1 Å². The van der Waals surface area contributed by atoms with Crippen LogP contribution in [0.25, 0.3) is 0 Å². The standard InChI is InChI=1S/C28H31ClN4O4/c1-33-16-13-22(14-17-33)31-27(35)25(19-36-18-20-6-3-2-4-7-20)32-26(34)24-8-5-15-30-28(24)37-23-11-9-21(29)10-12-23/h2-12,15,22,25H,13-14,16-19H2,1H3,(H,31,35)(H,32,34). The quantitative estimate of drug-likeness (QED) is 0.417. The molecule has 37 heavy (non-hydrogen) atoms. The van der Waals surface area contributed by atoms with Gasteiger partial charge in [-0.2, -0.15) is 0 Å². The summed E-state index contributed by atoms with van der Waals surface area (Å²) >= 11 is 5.95. The van der Waals surface area contributed by atoms with E-state index in [0.717, 1.165) is 31.5 Å². The molecule has 2 amide bonds. The van der Waals surface area contributed by atoms with Gasteiger partial charge in [0.15, 0.2) is 0 Å². The van der Waals surface area contributed by atoms with Gasteiger partial charge in [-0.05, 0) is 74.9 Å². The molecular weight excluding hydrogens is 492 g/mol. The third-order valence-corrected chi connectivity index (χ3v) is 6.38. The SMILES string of the molecule is CN1CCC(NC(=O)C(COCc2ccccc2)NC(=O)c2cccnc2Oc2ccc(Cl)cc2)CC1. The molecular formula is C28H31ClN4O4. The summed E-state index contributed by atoms with van der Waals surface area (Å²) in [6.45, 7) is 2.17. The zero-order valence-corrected chi connectivity index (χ0v) is 21.5. The molecule has 1 atom stereocenters. The van der Waals surface area contributed by atoms with Crippen molar-refractivity contribution in [3.63, 3.8) is 0 Å². The van der Waals surface area contributed by atoms with Crippen molar-refractivity contribution < 1.29 is 19.1 Å². The minimum absolute atomic E-state index is 0.0206. The van der Waals surface area contributed by atoms with E-state index >= 15 is 0 Å². The van der Waals surface area contributed by atoms with Crippen LogP contribution in [0.5, 0.6) is 11.6 Å². The number of halogens is 1. The van der Waals surface area contributed by atoms with Gasteiger partial charge in [-0.15, -0.1) is 0 Å². The third-order valence-electron chi connectivity index (χ3n) is 6.13. The van der Waals surface area contributed by atoms with Crippen LogP contribution >= 0.6 is 11.6 Å². The molecule has 1 aromatic heterocycles. The monoisotopic (exact) mass is 522 g/mol. The highest BCUT2D eigenvalue weighted by atomic mass is 35.5. The maximum absolute atomic E-state index is 13.3. The number of benzene rings is 2. The van der Waals surface area contributed by atoms with Crippen LogP contribution in [0.2, 0.25) is 5.02 Å². The third kappa shape index (κ3) is 8.01. The van der Waals surface area contributed by atoms with Gasteiger partial charge in [0.1, 0.15) is 17.4 Å². The van der Waals surface area contributed by atoms with Gasteiger partial charge in [0, 0.05) is 17.3 Å². The molecule has 1 saturated heterocycles.